The summed E-state index contributed by atoms with van der Waals surface area (Å²) in [6.45, 7) is 1.92. The van der Waals surface area contributed by atoms with Gasteiger partial charge in [-0.05, 0) is 43.5 Å². The summed E-state index contributed by atoms with van der Waals surface area (Å²) in [5.41, 5.74) is 3.63. The molecule has 3 rings (SSSR count). The average Bonchev–Trinajstić information content (AvgIpc) is 2.73. The second-order valence-electron chi connectivity index (χ2n) is 6.81. The zero-order valence-corrected chi connectivity index (χ0v) is 18.8. The monoisotopic (exact) mass is 428 g/mol. The molecule has 29 heavy (non-hydrogen) atoms. The zero-order valence-electron chi connectivity index (χ0n) is 17.1. The number of hydrogen-bond donors (Lipinski definition) is 0. The third-order valence-corrected chi connectivity index (χ3v) is 7.32. The quantitative estimate of drug-likeness (QED) is 0.531. The summed E-state index contributed by atoms with van der Waals surface area (Å²) in [5.74, 6) is 0.101. The lowest BCUT2D eigenvalue weighted by Gasteiger charge is -2.16. The van der Waals surface area contributed by atoms with Crippen LogP contribution in [0, 0.1) is 6.92 Å². The smallest absolute Gasteiger partial charge is 0.234 e. The number of pyridine rings is 1. The van der Waals surface area contributed by atoms with Gasteiger partial charge < -0.3 is 9.64 Å². The zero-order chi connectivity index (χ0) is 21.2. The maximum atomic E-state index is 13.3. The van der Waals surface area contributed by atoms with E-state index in [1.165, 1.54) is 18.9 Å². The van der Waals surface area contributed by atoms with Gasteiger partial charge in [0.25, 0.3) is 0 Å². The van der Waals surface area contributed by atoms with E-state index in [0.29, 0.717) is 10.6 Å². The predicted molar refractivity (Wildman–Crippen MR) is 119 cm³/mol. The lowest BCUT2D eigenvalue weighted by atomic mass is 10.1. The SMILES string of the molecule is COc1nc(-c2ccc(N(C)C)cc2)cc(SC)c1S(=O)(=O)c1ccc(C)cc1. The van der Waals surface area contributed by atoms with E-state index in [4.69, 9.17) is 4.74 Å². The maximum absolute atomic E-state index is 13.3. The minimum Gasteiger partial charge on any atom is -0.480 e. The second-order valence-corrected chi connectivity index (χ2v) is 9.54. The van der Waals surface area contributed by atoms with E-state index >= 15 is 0 Å². The van der Waals surface area contributed by atoms with Gasteiger partial charge in [0.15, 0.2) is 0 Å². The van der Waals surface area contributed by atoms with Crippen molar-refractivity contribution >= 4 is 27.3 Å². The molecule has 0 spiro atoms. The minimum absolute atomic E-state index is 0.101. The maximum Gasteiger partial charge on any atom is 0.234 e. The van der Waals surface area contributed by atoms with Crippen LogP contribution < -0.4 is 9.64 Å². The van der Waals surface area contributed by atoms with Crippen LogP contribution in [0.25, 0.3) is 11.3 Å². The third-order valence-electron chi connectivity index (χ3n) is 4.60. The number of aromatic nitrogens is 1. The summed E-state index contributed by atoms with van der Waals surface area (Å²) in [4.78, 5) is 7.47. The van der Waals surface area contributed by atoms with E-state index in [0.717, 1.165) is 16.8 Å². The van der Waals surface area contributed by atoms with Gasteiger partial charge in [-0.3, -0.25) is 0 Å². The van der Waals surface area contributed by atoms with Crippen molar-refractivity contribution in [3.8, 4) is 17.1 Å². The van der Waals surface area contributed by atoms with Crippen molar-refractivity contribution in [1.29, 1.82) is 0 Å². The molecule has 152 valence electrons. The number of hydrogen-bond acceptors (Lipinski definition) is 6. The van der Waals surface area contributed by atoms with E-state index in [2.05, 4.69) is 4.98 Å². The molecule has 0 bridgehead atoms. The van der Waals surface area contributed by atoms with Gasteiger partial charge in [0.05, 0.1) is 17.7 Å². The lowest BCUT2D eigenvalue weighted by Crippen LogP contribution is -2.09. The summed E-state index contributed by atoms with van der Waals surface area (Å²) in [6, 6.07) is 16.5. The largest absolute Gasteiger partial charge is 0.480 e. The van der Waals surface area contributed by atoms with Crippen LogP contribution in [0.5, 0.6) is 5.88 Å². The summed E-state index contributed by atoms with van der Waals surface area (Å²) < 4.78 is 32.1. The van der Waals surface area contributed by atoms with Crippen LogP contribution >= 0.6 is 11.8 Å². The molecule has 0 N–H and O–H groups in total. The number of thioether (sulfide) groups is 1. The van der Waals surface area contributed by atoms with Crippen molar-refractivity contribution in [2.24, 2.45) is 0 Å². The molecule has 0 radical (unpaired) electrons. The highest BCUT2D eigenvalue weighted by Gasteiger charge is 2.28. The van der Waals surface area contributed by atoms with Gasteiger partial charge in [0.1, 0.15) is 4.90 Å². The Morgan fingerprint density at radius 2 is 1.62 bits per heavy atom. The first-order chi connectivity index (χ1) is 13.8. The van der Waals surface area contributed by atoms with Gasteiger partial charge in [0, 0.05) is 30.2 Å². The topological polar surface area (TPSA) is 59.5 Å². The molecule has 0 saturated carbocycles. The average molecular weight is 429 g/mol. The van der Waals surface area contributed by atoms with E-state index in [1.807, 2.05) is 56.4 Å². The van der Waals surface area contributed by atoms with Crippen molar-refractivity contribution in [1.82, 2.24) is 4.98 Å². The van der Waals surface area contributed by atoms with Gasteiger partial charge in [-0.2, -0.15) is 0 Å². The van der Waals surface area contributed by atoms with E-state index in [9.17, 15) is 8.42 Å². The van der Waals surface area contributed by atoms with Crippen LogP contribution in [0.2, 0.25) is 0 Å². The Balaban J connectivity index is 2.15. The molecule has 0 aliphatic heterocycles. The number of sulfone groups is 1. The van der Waals surface area contributed by atoms with Crippen LogP contribution in [-0.4, -0.2) is 40.9 Å². The number of benzene rings is 2. The van der Waals surface area contributed by atoms with E-state index < -0.39 is 9.84 Å². The molecular weight excluding hydrogens is 404 g/mol. The van der Waals surface area contributed by atoms with Crippen molar-refractivity contribution in [3.05, 3.63) is 60.2 Å². The van der Waals surface area contributed by atoms with Crippen molar-refractivity contribution in [2.45, 2.75) is 21.6 Å². The van der Waals surface area contributed by atoms with Gasteiger partial charge in [-0.1, -0.05) is 29.8 Å². The molecule has 5 nitrogen and oxygen atoms in total. The fourth-order valence-corrected chi connectivity index (χ4v) is 5.43. The van der Waals surface area contributed by atoms with Crippen molar-refractivity contribution in [3.63, 3.8) is 0 Å². The number of ether oxygens (including phenoxy) is 1. The lowest BCUT2D eigenvalue weighted by molar-refractivity contribution is 0.383. The first-order valence-corrected chi connectivity index (χ1v) is 11.7. The van der Waals surface area contributed by atoms with Crippen LogP contribution in [0.3, 0.4) is 0 Å². The molecule has 1 heterocycles. The first kappa shape index (κ1) is 21.2. The van der Waals surface area contributed by atoms with E-state index in [1.54, 1.807) is 30.3 Å². The molecule has 0 unspecified atom stereocenters. The van der Waals surface area contributed by atoms with Crippen LogP contribution in [0.4, 0.5) is 5.69 Å². The molecule has 0 aliphatic rings. The molecule has 0 saturated heterocycles. The number of methoxy groups -OCH3 is 1. The van der Waals surface area contributed by atoms with Crippen molar-refractivity contribution in [2.75, 3.05) is 32.4 Å². The second kappa shape index (κ2) is 8.47. The Hall–Kier alpha value is -2.51. The van der Waals surface area contributed by atoms with Gasteiger partial charge >= 0.3 is 0 Å². The Morgan fingerprint density at radius 3 is 2.14 bits per heavy atom. The van der Waals surface area contributed by atoms with Crippen LogP contribution in [0.1, 0.15) is 5.56 Å². The summed E-state index contributed by atoms with van der Waals surface area (Å²) in [6.07, 6.45) is 1.85. The number of anilines is 1. The molecule has 0 aliphatic carbocycles. The Bertz CT molecular complexity index is 1080. The molecule has 2 aromatic carbocycles. The third kappa shape index (κ3) is 4.26. The Kier molecular flexibility index (Phi) is 6.19. The highest BCUT2D eigenvalue weighted by atomic mass is 32.2. The first-order valence-electron chi connectivity index (χ1n) is 9.00. The van der Waals surface area contributed by atoms with Crippen molar-refractivity contribution < 1.29 is 13.2 Å². The molecule has 0 amide bonds. The molecule has 0 atom stereocenters. The van der Waals surface area contributed by atoms with Gasteiger partial charge in [0.2, 0.25) is 15.7 Å². The molecule has 1 aromatic heterocycles. The Morgan fingerprint density at radius 1 is 1.00 bits per heavy atom. The number of aryl methyl sites for hydroxylation is 1. The Labute approximate surface area is 176 Å². The molecule has 7 heteroatoms. The highest BCUT2D eigenvalue weighted by molar-refractivity contribution is 7.99. The fraction of sp³-hybridized carbons (Fsp3) is 0.227. The molecular formula is C22H24N2O3S2. The number of rotatable bonds is 6. The summed E-state index contributed by atoms with van der Waals surface area (Å²) in [5, 5.41) is 0. The minimum atomic E-state index is -3.77. The van der Waals surface area contributed by atoms with Gasteiger partial charge in [-0.25, -0.2) is 13.4 Å². The van der Waals surface area contributed by atoms with Crippen LogP contribution in [-0.2, 0) is 9.84 Å². The summed E-state index contributed by atoms with van der Waals surface area (Å²) >= 11 is 1.36. The van der Waals surface area contributed by atoms with Crippen LogP contribution in [0.15, 0.2) is 69.3 Å². The molecule has 0 fully saturated rings. The van der Waals surface area contributed by atoms with Gasteiger partial charge in [-0.15, -0.1) is 11.8 Å². The number of nitrogens with zero attached hydrogens (tertiary/aromatic N) is 2. The van der Waals surface area contributed by atoms with E-state index in [-0.39, 0.29) is 15.7 Å². The molecule has 3 aromatic rings. The summed E-state index contributed by atoms with van der Waals surface area (Å²) in [7, 11) is 1.63. The predicted octanol–water partition coefficient (Wildman–Crippen LogP) is 4.69. The standard InChI is InChI=1S/C22H24N2O3S2/c1-15-6-12-18(13-7-15)29(25,26)21-20(28-5)14-19(23-22(21)27-4)16-8-10-17(11-9-16)24(2)3/h6-14H,1-5H3. The highest BCUT2D eigenvalue weighted by Crippen LogP contribution is 2.38. The fourth-order valence-electron chi connectivity index (χ4n) is 2.94. The normalized spacial score (nSPS) is 11.3.